The summed E-state index contributed by atoms with van der Waals surface area (Å²) in [5.41, 5.74) is 0. The Bertz CT molecular complexity index is 379. The fourth-order valence-electron chi connectivity index (χ4n) is 1.13. The Morgan fingerprint density at radius 2 is 2.53 bits per heavy atom. The molecule has 0 bridgehead atoms. The minimum atomic E-state index is -1.08. The molecule has 0 saturated heterocycles. The van der Waals surface area contributed by atoms with Gasteiger partial charge in [-0.15, -0.1) is 6.58 Å². The number of unbranched alkanes of at least 4 members (excludes halogenated alkanes) is 1. The van der Waals surface area contributed by atoms with Gasteiger partial charge in [-0.05, 0) is 19.8 Å². The average Bonchev–Trinajstić information content (AvgIpc) is 2.83. The zero-order valence-corrected chi connectivity index (χ0v) is 11.4. The van der Waals surface area contributed by atoms with Gasteiger partial charge in [0.05, 0.1) is 6.20 Å². The summed E-state index contributed by atoms with van der Waals surface area (Å²) in [6.07, 6.45) is 5.06. The molecule has 1 rings (SSSR count). The van der Waals surface area contributed by atoms with E-state index in [0.29, 0.717) is 21.5 Å². The molecule has 1 atom stereocenters. The molecular weight excluding hydrogens is 256 g/mol. The maximum absolute atomic E-state index is 11.7. The molecule has 0 aromatic carbocycles. The van der Waals surface area contributed by atoms with E-state index in [4.69, 9.17) is 0 Å². The van der Waals surface area contributed by atoms with Crippen LogP contribution in [0.1, 0.15) is 29.4 Å². The maximum atomic E-state index is 11.7. The summed E-state index contributed by atoms with van der Waals surface area (Å²) in [5.74, 6) is 0.374. The van der Waals surface area contributed by atoms with E-state index in [1.165, 1.54) is 17.5 Å². The molecule has 0 radical (unpaired) electrons. The minimum absolute atomic E-state index is 0.147. The third-order valence-corrected chi connectivity index (χ3v) is 4.65. The summed E-state index contributed by atoms with van der Waals surface area (Å²) in [6.45, 7) is 6.06. The van der Waals surface area contributed by atoms with Crippen molar-refractivity contribution < 1.29 is 9.35 Å². The Morgan fingerprint density at radius 1 is 1.76 bits per heavy atom. The quantitative estimate of drug-likeness (QED) is 0.469. The van der Waals surface area contributed by atoms with E-state index in [1.54, 1.807) is 0 Å². The summed E-state index contributed by atoms with van der Waals surface area (Å²) in [4.78, 5) is 16.2. The number of amides is 1. The Labute approximate surface area is 108 Å². The fourth-order valence-corrected chi connectivity index (χ4v) is 3.10. The molecule has 1 unspecified atom stereocenters. The summed E-state index contributed by atoms with van der Waals surface area (Å²) in [5, 5.41) is 2.79. The predicted octanol–water partition coefficient (Wildman–Crippen LogP) is 1.97. The SMILES string of the molecule is C=CCCCNC(=O)c1cnc([S+]([O-])CC)s1. The number of rotatable bonds is 7. The molecule has 1 aromatic rings. The molecule has 1 amide bonds. The Morgan fingerprint density at radius 3 is 3.18 bits per heavy atom. The van der Waals surface area contributed by atoms with Gasteiger partial charge in [0, 0.05) is 17.7 Å². The van der Waals surface area contributed by atoms with Crippen LogP contribution in [-0.4, -0.2) is 27.7 Å². The van der Waals surface area contributed by atoms with E-state index in [-0.39, 0.29) is 5.91 Å². The van der Waals surface area contributed by atoms with Crippen molar-refractivity contribution in [3.05, 3.63) is 23.7 Å². The molecule has 0 aliphatic heterocycles. The predicted molar refractivity (Wildman–Crippen MR) is 70.8 cm³/mol. The molecular formula is C11H16N2O2S2. The summed E-state index contributed by atoms with van der Waals surface area (Å²) >= 11 is 0.113. The lowest BCUT2D eigenvalue weighted by atomic mass is 10.3. The van der Waals surface area contributed by atoms with Crippen molar-refractivity contribution in [3.8, 4) is 0 Å². The number of nitrogens with one attached hydrogen (secondary N) is 1. The van der Waals surface area contributed by atoms with E-state index in [2.05, 4.69) is 16.9 Å². The lowest BCUT2D eigenvalue weighted by molar-refractivity contribution is 0.0957. The van der Waals surface area contributed by atoms with Crippen LogP contribution in [0.25, 0.3) is 0 Å². The monoisotopic (exact) mass is 272 g/mol. The fraction of sp³-hybridized carbons (Fsp3) is 0.455. The van der Waals surface area contributed by atoms with E-state index in [1.807, 2.05) is 13.0 Å². The highest BCUT2D eigenvalue weighted by Crippen LogP contribution is 2.19. The number of aromatic nitrogens is 1. The number of hydrogen-bond donors (Lipinski definition) is 1. The van der Waals surface area contributed by atoms with Crippen LogP contribution in [0.2, 0.25) is 0 Å². The molecule has 0 spiro atoms. The number of nitrogens with zero attached hydrogens (tertiary/aromatic N) is 1. The average molecular weight is 272 g/mol. The second-order valence-electron chi connectivity index (χ2n) is 3.31. The number of thiazole rings is 1. The first kappa shape index (κ1) is 14.2. The molecule has 6 heteroatoms. The number of carbonyl (C=O) groups is 1. The molecule has 0 saturated carbocycles. The minimum Gasteiger partial charge on any atom is -0.610 e. The van der Waals surface area contributed by atoms with Gasteiger partial charge in [-0.25, -0.2) is 0 Å². The second-order valence-corrected chi connectivity index (χ2v) is 6.26. The van der Waals surface area contributed by atoms with Crippen LogP contribution < -0.4 is 5.32 Å². The molecule has 4 nitrogen and oxygen atoms in total. The smallest absolute Gasteiger partial charge is 0.302 e. The van der Waals surface area contributed by atoms with Crippen molar-refractivity contribution in [3.63, 3.8) is 0 Å². The van der Waals surface area contributed by atoms with Crippen molar-refractivity contribution in [2.75, 3.05) is 12.3 Å². The van der Waals surface area contributed by atoms with E-state index in [0.717, 1.165) is 12.8 Å². The first-order valence-corrected chi connectivity index (χ1v) is 7.55. The first-order chi connectivity index (χ1) is 8.19. The molecule has 17 heavy (non-hydrogen) atoms. The van der Waals surface area contributed by atoms with Gasteiger partial charge in [0.15, 0.2) is 0 Å². The van der Waals surface area contributed by atoms with Crippen LogP contribution in [0.5, 0.6) is 0 Å². The van der Waals surface area contributed by atoms with Gasteiger partial charge in [0.2, 0.25) is 0 Å². The van der Waals surface area contributed by atoms with Crippen LogP contribution >= 0.6 is 11.3 Å². The van der Waals surface area contributed by atoms with Gasteiger partial charge in [0.1, 0.15) is 10.6 Å². The third kappa shape index (κ3) is 4.49. The normalized spacial score (nSPS) is 12.1. The van der Waals surface area contributed by atoms with Crippen molar-refractivity contribution >= 4 is 28.4 Å². The van der Waals surface area contributed by atoms with Gasteiger partial charge >= 0.3 is 4.34 Å². The molecule has 0 aliphatic carbocycles. The first-order valence-electron chi connectivity index (χ1n) is 5.42. The van der Waals surface area contributed by atoms with Gasteiger partial charge in [-0.3, -0.25) is 4.79 Å². The lowest BCUT2D eigenvalue weighted by Gasteiger charge is -2.02. The van der Waals surface area contributed by atoms with E-state index >= 15 is 0 Å². The van der Waals surface area contributed by atoms with Crippen molar-refractivity contribution in [1.82, 2.24) is 10.3 Å². The molecule has 1 aromatic heterocycles. The summed E-state index contributed by atoms with van der Waals surface area (Å²) in [7, 11) is 0. The molecule has 1 heterocycles. The molecule has 0 aliphatic rings. The van der Waals surface area contributed by atoms with E-state index in [9.17, 15) is 9.35 Å². The van der Waals surface area contributed by atoms with Gasteiger partial charge < -0.3 is 9.87 Å². The van der Waals surface area contributed by atoms with Crippen molar-refractivity contribution in [1.29, 1.82) is 0 Å². The zero-order chi connectivity index (χ0) is 12.7. The Balaban J connectivity index is 2.46. The number of allylic oxidation sites excluding steroid dienone is 1. The number of hydrogen-bond acceptors (Lipinski definition) is 4. The second kappa shape index (κ2) is 7.47. The van der Waals surface area contributed by atoms with Crippen LogP contribution in [0, 0.1) is 0 Å². The van der Waals surface area contributed by atoms with Crippen LogP contribution in [0.3, 0.4) is 0 Å². The Kier molecular flexibility index (Phi) is 6.25. The Hall–Kier alpha value is -0.850. The topological polar surface area (TPSA) is 65.0 Å². The zero-order valence-electron chi connectivity index (χ0n) is 9.77. The molecule has 0 fully saturated rings. The molecule has 1 N–H and O–H groups in total. The summed E-state index contributed by atoms with van der Waals surface area (Å²) in [6, 6.07) is 0. The van der Waals surface area contributed by atoms with Crippen LogP contribution in [0.4, 0.5) is 0 Å². The highest BCUT2D eigenvalue weighted by molar-refractivity contribution is 7.93. The number of carbonyl (C=O) groups excluding carboxylic acids is 1. The lowest BCUT2D eigenvalue weighted by Crippen LogP contribution is -2.23. The largest absolute Gasteiger partial charge is 0.610 e. The van der Waals surface area contributed by atoms with E-state index < -0.39 is 11.2 Å². The van der Waals surface area contributed by atoms with Crippen molar-refractivity contribution in [2.45, 2.75) is 24.1 Å². The molecule has 94 valence electrons. The summed E-state index contributed by atoms with van der Waals surface area (Å²) < 4.78 is 12.0. The van der Waals surface area contributed by atoms with Crippen LogP contribution in [-0.2, 0) is 11.2 Å². The van der Waals surface area contributed by atoms with Gasteiger partial charge in [0.25, 0.3) is 5.91 Å². The van der Waals surface area contributed by atoms with Gasteiger partial charge in [-0.2, -0.15) is 4.98 Å². The third-order valence-electron chi connectivity index (χ3n) is 2.04. The van der Waals surface area contributed by atoms with Gasteiger partial charge in [-0.1, -0.05) is 17.4 Å². The maximum Gasteiger partial charge on any atom is 0.302 e. The van der Waals surface area contributed by atoms with Crippen molar-refractivity contribution in [2.24, 2.45) is 0 Å². The standard InChI is InChI=1S/C11H16N2O2S2/c1-3-5-6-7-12-10(14)9-8-13-11(16-9)17(15)4-2/h3,8H,1,4-7H2,2H3,(H,12,14). The highest BCUT2D eigenvalue weighted by Gasteiger charge is 2.17. The highest BCUT2D eigenvalue weighted by atomic mass is 32.2. The van der Waals surface area contributed by atoms with Crippen LogP contribution in [0.15, 0.2) is 23.2 Å².